The summed E-state index contributed by atoms with van der Waals surface area (Å²) in [6.07, 6.45) is 2.29. The van der Waals surface area contributed by atoms with E-state index in [4.69, 9.17) is 0 Å². The van der Waals surface area contributed by atoms with E-state index in [1.807, 2.05) is 6.92 Å². The highest BCUT2D eigenvalue weighted by Crippen LogP contribution is 1.96. The van der Waals surface area contributed by atoms with E-state index in [0.717, 1.165) is 12.2 Å². The maximum absolute atomic E-state index is 10.6. The summed E-state index contributed by atoms with van der Waals surface area (Å²) in [7, 11) is 0. The number of nitrogens with one attached hydrogen (secondary N) is 1. The number of carbonyl (C=O) groups excluding carboxylic acids is 1. The van der Waals surface area contributed by atoms with Crippen molar-refractivity contribution in [3.05, 3.63) is 11.8 Å². The Morgan fingerprint density at radius 3 is 2.88 bits per heavy atom. The van der Waals surface area contributed by atoms with Gasteiger partial charge >= 0.3 is 0 Å². The SMILES string of the molecule is CC1=CC(=O)CCN1. The van der Waals surface area contributed by atoms with Gasteiger partial charge in [0.2, 0.25) is 0 Å². The molecule has 0 atom stereocenters. The maximum atomic E-state index is 10.6. The molecule has 0 saturated carbocycles. The fourth-order valence-electron chi connectivity index (χ4n) is 0.748. The summed E-state index contributed by atoms with van der Waals surface area (Å²) in [5.41, 5.74) is 0.987. The Morgan fingerprint density at radius 1 is 1.75 bits per heavy atom. The number of hydrogen-bond donors (Lipinski definition) is 1. The lowest BCUT2D eigenvalue weighted by molar-refractivity contribution is -0.114. The van der Waals surface area contributed by atoms with E-state index >= 15 is 0 Å². The van der Waals surface area contributed by atoms with Gasteiger partial charge in [-0.05, 0) is 13.0 Å². The van der Waals surface area contributed by atoms with E-state index in [9.17, 15) is 4.79 Å². The van der Waals surface area contributed by atoms with Gasteiger partial charge in [0, 0.05) is 18.7 Å². The smallest absolute Gasteiger partial charge is 0.159 e. The molecule has 0 spiro atoms. The molecule has 0 aromatic rings. The van der Waals surface area contributed by atoms with Crippen molar-refractivity contribution in [2.75, 3.05) is 6.54 Å². The number of ketones is 1. The monoisotopic (exact) mass is 111 g/mol. The molecule has 0 radical (unpaired) electrons. The predicted octanol–water partition coefficient (Wildman–Crippen LogP) is 0.453. The summed E-state index contributed by atoms with van der Waals surface area (Å²) in [6, 6.07) is 0. The molecule has 0 aliphatic carbocycles. The van der Waals surface area contributed by atoms with Crippen molar-refractivity contribution < 1.29 is 4.79 Å². The van der Waals surface area contributed by atoms with Gasteiger partial charge in [0.1, 0.15) is 0 Å². The molecule has 1 rings (SSSR count). The van der Waals surface area contributed by atoms with Gasteiger partial charge in [0.05, 0.1) is 0 Å². The Bertz CT molecular complexity index is 137. The van der Waals surface area contributed by atoms with E-state index in [0.29, 0.717) is 6.42 Å². The van der Waals surface area contributed by atoms with Gasteiger partial charge in [0.15, 0.2) is 5.78 Å². The van der Waals surface area contributed by atoms with Crippen LogP contribution >= 0.6 is 0 Å². The highest BCUT2D eigenvalue weighted by atomic mass is 16.1. The third kappa shape index (κ3) is 1.09. The van der Waals surface area contributed by atoms with Crippen LogP contribution in [0, 0.1) is 0 Å². The second-order valence-corrected chi connectivity index (χ2v) is 1.97. The van der Waals surface area contributed by atoms with Crippen LogP contribution in [0.4, 0.5) is 0 Å². The van der Waals surface area contributed by atoms with Crippen molar-refractivity contribution >= 4 is 5.78 Å². The van der Waals surface area contributed by atoms with Crippen molar-refractivity contribution in [3.63, 3.8) is 0 Å². The molecule has 1 aliphatic heterocycles. The van der Waals surface area contributed by atoms with Crippen LogP contribution < -0.4 is 5.32 Å². The standard InChI is InChI=1S/C6H9NO/c1-5-4-6(8)2-3-7-5/h4,7H,2-3H2,1H3. The summed E-state index contributed by atoms with van der Waals surface area (Å²) in [6.45, 7) is 2.71. The summed E-state index contributed by atoms with van der Waals surface area (Å²) >= 11 is 0. The minimum Gasteiger partial charge on any atom is -0.388 e. The van der Waals surface area contributed by atoms with Gasteiger partial charge in [-0.25, -0.2) is 0 Å². The molecule has 44 valence electrons. The molecule has 0 amide bonds. The zero-order chi connectivity index (χ0) is 5.98. The number of hydrogen-bond acceptors (Lipinski definition) is 2. The van der Waals surface area contributed by atoms with Crippen LogP contribution in [0.5, 0.6) is 0 Å². The Hall–Kier alpha value is -0.790. The highest BCUT2D eigenvalue weighted by molar-refractivity contribution is 5.91. The van der Waals surface area contributed by atoms with Gasteiger partial charge in [-0.2, -0.15) is 0 Å². The highest BCUT2D eigenvalue weighted by Gasteiger charge is 2.03. The molecular weight excluding hydrogens is 102 g/mol. The second kappa shape index (κ2) is 1.99. The first-order valence-electron chi connectivity index (χ1n) is 2.74. The average Bonchev–Trinajstić information content (AvgIpc) is 1.64. The Kier molecular flexibility index (Phi) is 1.33. The summed E-state index contributed by atoms with van der Waals surface area (Å²) in [5, 5.41) is 3.05. The average molecular weight is 111 g/mol. The second-order valence-electron chi connectivity index (χ2n) is 1.97. The topological polar surface area (TPSA) is 29.1 Å². The van der Waals surface area contributed by atoms with Gasteiger partial charge in [-0.15, -0.1) is 0 Å². The Balaban J connectivity index is 2.64. The third-order valence-electron chi connectivity index (χ3n) is 1.15. The van der Waals surface area contributed by atoms with Crippen molar-refractivity contribution in [1.82, 2.24) is 5.32 Å². The zero-order valence-corrected chi connectivity index (χ0v) is 4.90. The molecule has 2 nitrogen and oxygen atoms in total. The molecule has 1 aliphatic rings. The maximum Gasteiger partial charge on any atom is 0.159 e. The minimum absolute atomic E-state index is 0.237. The van der Waals surface area contributed by atoms with Gasteiger partial charge < -0.3 is 5.32 Å². The van der Waals surface area contributed by atoms with Crippen LogP contribution in [-0.2, 0) is 4.79 Å². The molecule has 0 saturated heterocycles. The van der Waals surface area contributed by atoms with E-state index in [1.54, 1.807) is 6.08 Å². The van der Waals surface area contributed by atoms with Crippen molar-refractivity contribution in [3.8, 4) is 0 Å². The quantitative estimate of drug-likeness (QED) is 0.492. The number of allylic oxidation sites excluding steroid dienone is 2. The fraction of sp³-hybridized carbons (Fsp3) is 0.500. The normalized spacial score (nSPS) is 19.6. The fourth-order valence-corrected chi connectivity index (χ4v) is 0.748. The van der Waals surface area contributed by atoms with Crippen LogP contribution in [0.1, 0.15) is 13.3 Å². The van der Waals surface area contributed by atoms with E-state index in [1.165, 1.54) is 0 Å². The first-order valence-corrected chi connectivity index (χ1v) is 2.74. The van der Waals surface area contributed by atoms with Crippen molar-refractivity contribution in [2.45, 2.75) is 13.3 Å². The minimum atomic E-state index is 0.237. The zero-order valence-electron chi connectivity index (χ0n) is 4.90. The third-order valence-corrected chi connectivity index (χ3v) is 1.15. The number of rotatable bonds is 0. The van der Waals surface area contributed by atoms with E-state index in [-0.39, 0.29) is 5.78 Å². The first kappa shape index (κ1) is 5.35. The van der Waals surface area contributed by atoms with Gasteiger partial charge in [-0.1, -0.05) is 0 Å². The Morgan fingerprint density at radius 2 is 2.50 bits per heavy atom. The molecule has 2 heteroatoms. The van der Waals surface area contributed by atoms with E-state index in [2.05, 4.69) is 5.32 Å². The van der Waals surface area contributed by atoms with Crippen molar-refractivity contribution in [1.29, 1.82) is 0 Å². The van der Waals surface area contributed by atoms with E-state index < -0.39 is 0 Å². The molecule has 1 N–H and O–H groups in total. The lowest BCUT2D eigenvalue weighted by Gasteiger charge is -2.09. The number of carbonyl (C=O) groups is 1. The van der Waals surface area contributed by atoms with Crippen LogP contribution in [0.2, 0.25) is 0 Å². The molecular formula is C6H9NO. The lowest BCUT2D eigenvalue weighted by atomic mass is 10.2. The predicted molar refractivity (Wildman–Crippen MR) is 31.4 cm³/mol. The molecule has 1 heterocycles. The molecule has 0 fully saturated rings. The lowest BCUT2D eigenvalue weighted by Crippen LogP contribution is -2.21. The summed E-state index contributed by atoms with van der Waals surface area (Å²) in [4.78, 5) is 10.6. The van der Waals surface area contributed by atoms with Gasteiger partial charge in [-0.3, -0.25) is 4.79 Å². The summed E-state index contributed by atoms with van der Waals surface area (Å²) in [5.74, 6) is 0.237. The van der Waals surface area contributed by atoms with Crippen LogP contribution in [0.15, 0.2) is 11.8 Å². The van der Waals surface area contributed by atoms with Crippen LogP contribution in [0.25, 0.3) is 0 Å². The molecule has 8 heavy (non-hydrogen) atoms. The van der Waals surface area contributed by atoms with Crippen LogP contribution in [-0.4, -0.2) is 12.3 Å². The Labute approximate surface area is 48.6 Å². The molecule has 0 bridgehead atoms. The van der Waals surface area contributed by atoms with Crippen LogP contribution in [0.3, 0.4) is 0 Å². The summed E-state index contributed by atoms with van der Waals surface area (Å²) < 4.78 is 0. The van der Waals surface area contributed by atoms with Crippen molar-refractivity contribution in [2.24, 2.45) is 0 Å². The molecule has 0 aromatic carbocycles. The molecule has 0 unspecified atom stereocenters. The largest absolute Gasteiger partial charge is 0.388 e. The van der Waals surface area contributed by atoms with Gasteiger partial charge in [0.25, 0.3) is 0 Å². The molecule has 0 aromatic heterocycles. The first-order chi connectivity index (χ1) is 3.79.